The van der Waals surface area contributed by atoms with Crippen LogP contribution in [-0.2, 0) is 0 Å². The maximum atomic E-state index is 13.2. The van der Waals surface area contributed by atoms with Crippen LogP contribution in [0.1, 0.15) is 17.2 Å². The maximum absolute atomic E-state index is 13.2. The molecule has 0 radical (unpaired) electrons. The maximum Gasteiger partial charge on any atom is 0.323 e. The molecule has 20 heavy (non-hydrogen) atoms. The molecule has 1 unspecified atom stereocenters. The summed E-state index contributed by atoms with van der Waals surface area (Å²) >= 11 is 3.15. The highest BCUT2D eigenvalue weighted by Gasteiger charge is 2.12. The lowest BCUT2D eigenvalue weighted by molar-refractivity contribution is 0.619. The zero-order valence-electron chi connectivity index (χ0n) is 10.3. The van der Waals surface area contributed by atoms with Gasteiger partial charge < -0.3 is 15.7 Å². The summed E-state index contributed by atoms with van der Waals surface area (Å²) in [4.78, 5) is 16.6. The Kier molecular flexibility index (Phi) is 3.19. The van der Waals surface area contributed by atoms with Gasteiger partial charge >= 0.3 is 5.69 Å². The van der Waals surface area contributed by atoms with Gasteiger partial charge in [0.2, 0.25) is 0 Å². The Morgan fingerprint density at radius 2 is 1.70 bits per heavy atom. The van der Waals surface area contributed by atoms with Gasteiger partial charge in [-0.3, -0.25) is 0 Å². The van der Waals surface area contributed by atoms with E-state index >= 15 is 0 Å². The summed E-state index contributed by atoms with van der Waals surface area (Å²) in [6.07, 6.45) is 0. The lowest BCUT2D eigenvalue weighted by atomic mass is 9.99. The molecular weight excluding hydrogens is 325 g/mol. The monoisotopic (exact) mass is 335 g/mol. The van der Waals surface area contributed by atoms with Crippen molar-refractivity contribution in [3.05, 3.63) is 68.3 Å². The first-order valence-electron chi connectivity index (χ1n) is 5.97. The second-order valence-electron chi connectivity index (χ2n) is 4.54. The van der Waals surface area contributed by atoms with Crippen molar-refractivity contribution < 1.29 is 4.39 Å². The number of imidazole rings is 1. The van der Waals surface area contributed by atoms with Crippen LogP contribution in [-0.4, -0.2) is 9.97 Å². The molecule has 3 aromatic rings. The number of hydrogen-bond acceptors (Lipinski definition) is 2. The summed E-state index contributed by atoms with van der Waals surface area (Å²) in [5, 5.41) is 0. The fourth-order valence-electron chi connectivity index (χ4n) is 2.14. The van der Waals surface area contributed by atoms with Gasteiger partial charge in [0.25, 0.3) is 0 Å². The quantitative estimate of drug-likeness (QED) is 0.673. The molecule has 0 spiro atoms. The highest BCUT2D eigenvalue weighted by Crippen LogP contribution is 2.25. The minimum absolute atomic E-state index is 0.254. The average molecular weight is 336 g/mol. The van der Waals surface area contributed by atoms with Crippen LogP contribution < -0.4 is 11.4 Å². The molecule has 0 saturated heterocycles. The molecule has 0 bridgehead atoms. The minimum Gasteiger partial charge on any atom is -0.320 e. The molecule has 0 aliphatic rings. The number of hydrogen-bond donors (Lipinski definition) is 3. The summed E-state index contributed by atoms with van der Waals surface area (Å²) in [5.74, 6) is -0.327. The number of H-pyrrole nitrogens is 2. The predicted molar refractivity (Wildman–Crippen MR) is 79.0 cm³/mol. The molecule has 1 atom stereocenters. The highest BCUT2D eigenvalue weighted by molar-refractivity contribution is 9.10. The molecule has 3 rings (SSSR count). The third kappa shape index (κ3) is 2.28. The van der Waals surface area contributed by atoms with Crippen LogP contribution in [0.2, 0.25) is 0 Å². The van der Waals surface area contributed by atoms with Gasteiger partial charge in [0.1, 0.15) is 5.82 Å². The van der Waals surface area contributed by atoms with E-state index < -0.39 is 6.04 Å². The van der Waals surface area contributed by atoms with Crippen molar-refractivity contribution in [3.8, 4) is 0 Å². The summed E-state index contributed by atoms with van der Waals surface area (Å²) in [7, 11) is 0. The number of benzene rings is 2. The third-order valence-electron chi connectivity index (χ3n) is 3.20. The van der Waals surface area contributed by atoms with E-state index in [1.54, 1.807) is 18.2 Å². The van der Waals surface area contributed by atoms with E-state index in [4.69, 9.17) is 5.73 Å². The summed E-state index contributed by atoms with van der Waals surface area (Å²) < 4.78 is 13.6. The van der Waals surface area contributed by atoms with Crippen molar-refractivity contribution in [2.24, 2.45) is 5.73 Å². The summed E-state index contributed by atoms with van der Waals surface area (Å²) in [6.45, 7) is 0. The second kappa shape index (κ2) is 4.88. The van der Waals surface area contributed by atoms with E-state index in [0.717, 1.165) is 16.6 Å². The molecule has 0 fully saturated rings. The minimum atomic E-state index is -0.394. The normalized spacial score (nSPS) is 12.8. The summed E-state index contributed by atoms with van der Waals surface area (Å²) in [5.41, 5.74) is 8.99. The van der Waals surface area contributed by atoms with Gasteiger partial charge in [-0.15, -0.1) is 0 Å². The van der Waals surface area contributed by atoms with Gasteiger partial charge in [0.05, 0.1) is 21.5 Å². The van der Waals surface area contributed by atoms with Crippen LogP contribution in [0.25, 0.3) is 11.0 Å². The highest BCUT2D eigenvalue weighted by atomic mass is 79.9. The molecule has 0 saturated carbocycles. The SMILES string of the molecule is NC(c1ccc(F)c(Br)c1)c1ccc2[nH]c(=O)[nH]c2c1. The van der Waals surface area contributed by atoms with Gasteiger partial charge in [-0.1, -0.05) is 12.1 Å². The molecule has 1 aromatic heterocycles. The number of aromatic amines is 2. The zero-order valence-corrected chi connectivity index (χ0v) is 11.9. The van der Waals surface area contributed by atoms with Crippen molar-refractivity contribution in [3.63, 3.8) is 0 Å². The van der Waals surface area contributed by atoms with Gasteiger partial charge in [0.15, 0.2) is 0 Å². The van der Waals surface area contributed by atoms with Gasteiger partial charge in [-0.05, 0) is 51.3 Å². The molecule has 0 aliphatic carbocycles. The number of halogens is 2. The smallest absolute Gasteiger partial charge is 0.320 e. The first-order valence-corrected chi connectivity index (χ1v) is 6.76. The lowest BCUT2D eigenvalue weighted by Gasteiger charge is -2.13. The Hall–Kier alpha value is -1.92. The molecule has 2 aromatic carbocycles. The van der Waals surface area contributed by atoms with E-state index in [1.807, 2.05) is 12.1 Å². The molecule has 6 heteroatoms. The van der Waals surface area contributed by atoms with E-state index in [9.17, 15) is 9.18 Å². The molecular formula is C14H11BrFN3O. The van der Waals surface area contributed by atoms with Crippen LogP contribution in [0, 0.1) is 5.82 Å². The summed E-state index contributed by atoms with van der Waals surface area (Å²) in [6, 6.07) is 9.73. The van der Waals surface area contributed by atoms with Crippen LogP contribution in [0.5, 0.6) is 0 Å². The predicted octanol–water partition coefficient (Wildman–Crippen LogP) is 2.81. The number of aromatic nitrogens is 2. The fourth-order valence-corrected chi connectivity index (χ4v) is 2.54. The largest absolute Gasteiger partial charge is 0.323 e. The van der Waals surface area contributed by atoms with Crippen molar-refractivity contribution >= 4 is 27.0 Å². The number of nitrogens with one attached hydrogen (secondary N) is 2. The van der Waals surface area contributed by atoms with Crippen LogP contribution in [0.3, 0.4) is 0 Å². The lowest BCUT2D eigenvalue weighted by Crippen LogP contribution is -2.11. The van der Waals surface area contributed by atoms with E-state index in [0.29, 0.717) is 9.99 Å². The molecule has 102 valence electrons. The standard InChI is InChI=1S/C14H11BrFN3O/c15-9-5-7(1-3-10(9)16)13(17)8-2-4-11-12(6-8)19-14(20)18-11/h1-6,13H,17H2,(H2,18,19,20). The van der Waals surface area contributed by atoms with E-state index in [2.05, 4.69) is 25.9 Å². The van der Waals surface area contributed by atoms with E-state index in [1.165, 1.54) is 6.07 Å². The van der Waals surface area contributed by atoms with Crippen molar-refractivity contribution in [1.82, 2.24) is 9.97 Å². The first-order chi connectivity index (χ1) is 9.54. The first kappa shape index (κ1) is 13.1. The molecule has 0 aliphatic heterocycles. The zero-order chi connectivity index (χ0) is 14.3. The van der Waals surface area contributed by atoms with Gasteiger partial charge in [-0.25, -0.2) is 9.18 Å². The number of fused-ring (bicyclic) bond motifs is 1. The average Bonchev–Trinajstić information content (AvgIpc) is 2.80. The van der Waals surface area contributed by atoms with Crippen LogP contribution >= 0.6 is 15.9 Å². The Bertz CT molecular complexity index is 840. The molecule has 1 heterocycles. The topological polar surface area (TPSA) is 74.7 Å². The Labute approximate surface area is 121 Å². The van der Waals surface area contributed by atoms with Crippen molar-refractivity contribution in [2.45, 2.75) is 6.04 Å². The molecule has 0 amide bonds. The molecule has 4 N–H and O–H groups in total. The molecule has 4 nitrogen and oxygen atoms in total. The van der Waals surface area contributed by atoms with Gasteiger partial charge in [-0.2, -0.15) is 0 Å². The van der Waals surface area contributed by atoms with Gasteiger partial charge in [0, 0.05) is 0 Å². The third-order valence-corrected chi connectivity index (χ3v) is 3.81. The number of rotatable bonds is 2. The Balaban J connectivity index is 2.04. The Morgan fingerprint density at radius 1 is 1.05 bits per heavy atom. The van der Waals surface area contributed by atoms with Crippen LogP contribution in [0.15, 0.2) is 45.7 Å². The number of nitrogens with two attached hydrogens (primary N) is 1. The van der Waals surface area contributed by atoms with E-state index in [-0.39, 0.29) is 11.5 Å². The van der Waals surface area contributed by atoms with Crippen molar-refractivity contribution in [1.29, 1.82) is 0 Å². The Morgan fingerprint density at radius 3 is 2.45 bits per heavy atom. The second-order valence-corrected chi connectivity index (χ2v) is 5.39. The van der Waals surface area contributed by atoms with Crippen LogP contribution in [0.4, 0.5) is 4.39 Å². The van der Waals surface area contributed by atoms with Crippen molar-refractivity contribution in [2.75, 3.05) is 0 Å². The fraction of sp³-hybridized carbons (Fsp3) is 0.0714.